The second-order valence-corrected chi connectivity index (χ2v) is 10.8. The Balaban J connectivity index is 2.16. The van der Waals surface area contributed by atoms with Crippen molar-refractivity contribution < 1.29 is 18.0 Å². The molecule has 2 aromatic carbocycles. The van der Waals surface area contributed by atoms with Crippen molar-refractivity contribution in [3.8, 4) is 0 Å². The van der Waals surface area contributed by atoms with E-state index < -0.39 is 16.1 Å². The molecule has 1 N–H and O–H groups in total. The number of benzene rings is 2. The summed E-state index contributed by atoms with van der Waals surface area (Å²) in [7, 11) is -3.49. The van der Waals surface area contributed by atoms with Crippen LogP contribution in [0, 0.1) is 5.92 Å². The molecule has 0 aliphatic rings. The van der Waals surface area contributed by atoms with Gasteiger partial charge in [-0.3, -0.25) is 13.9 Å². The predicted octanol–water partition coefficient (Wildman–Crippen LogP) is 3.81. The summed E-state index contributed by atoms with van der Waals surface area (Å²) in [6.07, 6.45) is 2.13. The van der Waals surface area contributed by atoms with E-state index in [1.54, 1.807) is 29.2 Å². The lowest BCUT2D eigenvalue weighted by atomic mass is 10.1. The van der Waals surface area contributed by atoms with Crippen molar-refractivity contribution in [2.75, 3.05) is 23.7 Å². The highest BCUT2D eigenvalue weighted by atomic mass is 32.2. The summed E-state index contributed by atoms with van der Waals surface area (Å²) >= 11 is 0. The maximum atomic E-state index is 13.3. The van der Waals surface area contributed by atoms with Gasteiger partial charge in [-0.15, -0.1) is 0 Å². The third kappa shape index (κ3) is 8.48. The normalized spacial score (nSPS) is 12.3. The molecule has 0 saturated carbocycles. The molecule has 7 nitrogen and oxygen atoms in total. The molecule has 2 rings (SSSR count). The molecule has 0 spiro atoms. The first-order valence-corrected chi connectivity index (χ1v) is 13.6. The van der Waals surface area contributed by atoms with Crippen molar-refractivity contribution in [1.29, 1.82) is 0 Å². The summed E-state index contributed by atoms with van der Waals surface area (Å²) in [6.45, 7) is 6.99. The van der Waals surface area contributed by atoms with Gasteiger partial charge in [-0.25, -0.2) is 8.42 Å². The molecule has 0 aromatic heterocycles. The SMILES string of the molecule is CCC(C(=O)NCC(C)C)N(Cc1ccccc1)C(=O)CCCN(c1ccccc1)S(C)(=O)=O. The summed E-state index contributed by atoms with van der Waals surface area (Å²) in [5, 5.41) is 2.95. The largest absolute Gasteiger partial charge is 0.354 e. The minimum absolute atomic E-state index is 0.139. The number of hydrogen-bond donors (Lipinski definition) is 1. The fourth-order valence-electron chi connectivity index (χ4n) is 3.72. The van der Waals surface area contributed by atoms with Crippen LogP contribution in [-0.2, 0) is 26.2 Å². The average molecular weight is 488 g/mol. The highest BCUT2D eigenvalue weighted by Crippen LogP contribution is 2.19. The second-order valence-electron chi connectivity index (χ2n) is 8.84. The lowest BCUT2D eigenvalue weighted by Crippen LogP contribution is -2.49. The molecule has 0 fully saturated rings. The molecular weight excluding hydrogens is 450 g/mol. The molecule has 2 aromatic rings. The zero-order valence-corrected chi connectivity index (χ0v) is 21.4. The number of sulfonamides is 1. The average Bonchev–Trinajstić information content (AvgIpc) is 2.80. The number of nitrogens with zero attached hydrogens (tertiary/aromatic N) is 2. The Kier molecular flexibility index (Phi) is 10.6. The maximum absolute atomic E-state index is 13.3. The van der Waals surface area contributed by atoms with Crippen molar-refractivity contribution in [2.24, 2.45) is 5.92 Å². The zero-order valence-electron chi connectivity index (χ0n) is 20.6. The molecule has 0 bridgehead atoms. The lowest BCUT2D eigenvalue weighted by Gasteiger charge is -2.31. The molecule has 186 valence electrons. The highest BCUT2D eigenvalue weighted by molar-refractivity contribution is 7.92. The van der Waals surface area contributed by atoms with E-state index in [1.807, 2.05) is 57.2 Å². The Morgan fingerprint density at radius 2 is 1.56 bits per heavy atom. The van der Waals surface area contributed by atoms with Crippen LogP contribution in [0.15, 0.2) is 60.7 Å². The van der Waals surface area contributed by atoms with Crippen molar-refractivity contribution >= 4 is 27.5 Å². The summed E-state index contributed by atoms with van der Waals surface area (Å²) in [6, 6.07) is 17.8. The topological polar surface area (TPSA) is 86.8 Å². The predicted molar refractivity (Wildman–Crippen MR) is 137 cm³/mol. The number of para-hydroxylation sites is 1. The standard InChI is InChI=1S/C26H37N3O4S/c1-5-24(26(31)27-19-21(2)3)28(20-22-13-8-6-9-14-22)25(30)17-12-18-29(34(4,32)33)23-15-10-7-11-16-23/h6-11,13-16,21,24H,5,12,17-20H2,1-4H3,(H,27,31). The van der Waals surface area contributed by atoms with Crippen LogP contribution in [0.1, 0.15) is 45.6 Å². The van der Waals surface area contributed by atoms with E-state index in [-0.39, 0.29) is 24.8 Å². The van der Waals surface area contributed by atoms with Crippen molar-refractivity contribution in [1.82, 2.24) is 10.2 Å². The Morgan fingerprint density at radius 3 is 2.09 bits per heavy atom. The number of anilines is 1. The summed E-state index contributed by atoms with van der Waals surface area (Å²) in [5.41, 5.74) is 1.51. The van der Waals surface area contributed by atoms with Gasteiger partial charge in [0.1, 0.15) is 6.04 Å². The molecule has 2 amide bonds. The van der Waals surface area contributed by atoms with Crippen LogP contribution in [0.25, 0.3) is 0 Å². The lowest BCUT2D eigenvalue weighted by molar-refractivity contribution is -0.141. The van der Waals surface area contributed by atoms with Crippen LogP contribution >= 0.6 is 0 Å². The van der Waals surface area contributed by atoms with E-state index >= 15 is 0 Å². The van der Waals surface area contributed by atoms with Crippen LogP contribution in [0.5, 0.6) is 0 Å². The first kappa shape index (κ1) is 27.4. The number of hydrogen-bond acceptors (Lipinski definition) is 4. The molecule has 34 heavy (non-hydrogen) atoms. The van der Waals surface area contributed by atoms with Crippen LogP contribution in [0.4, 0.5) is 5.69 Å². The van der Waals surface area contributed by atoms with E-state index in [0.717, 1.165) is 11.8 Å². The Bertz CT molecular complexity index is 1010. The Labute approximate surface area is 204 Å². The summed E-state index contributed by atoms with van der Waals surface area (Å²) < 4.78 is 26.0. The molecule has 1 unspecified atom stereocenters. The van der Waals surface area contributed by atoms with Crippen LogP contribution < -0.4 is 9.62 Å². The number of nitrogens with one attached hydrogen (secondary N) is 1. The number of rotatable bonds is 13. The highest BCUT2D eigenvalue weighted by Gasteiger charge is 2.28. The van der Waals surface area contributed by atoms with Crippen molar-refractivity contribution in [3.63, 3.8) is 0 Å². The Hall–Kier alpha value is -2.87. The quantitative estimate of drug-likeness (QED) is 0.465. The molecule has 0 saturated heterocycles. The molecule has 0 radical (unpaired) electrons. The third-order valence-corrected chi connectivity index (χ3v) is 6.66. The van der Waals surface area contributed by atoms with Crippen LogP contribution in [0.3, 0.4) is 0 Å². The Morgan fingerprint density at radius 1 is 0.971 bits per heavy atom. The smallest absolute Gasteiger partial charge is 0.242 e. The van der Waals surface area contributed by atoms with E-state index in [9.17, 15) is 18.0 Å². The first-order valence-electron chi connectivity index (χ1n) is 11.8. The van der Waals surface area contributed by atoms with Crippen molar-refractivity contribution in [2.45, 2.75) is 52.6 Å². The second kappa shape index (κ2) is 13.1. The van der Waals surface area contributed by atoms with Gasteiger partial charge in [-0.1, -0.05) is 69.3 Å². The fraction of sp³-hybridized carbons (Fsp3) is 0.462. The van der Waals surface area contributed by atoms with E-state index in [1.165, 1.54) is 4.31 Å². The van der Waals surface area contributed by atoms with Gasteiger partial charge in [0.25, 0.3) is 0 Å². The van der Waals surface area contributed by atoms with Gasteiger partial charge in [0, 0.05) is 26.1 Å². The van der Waals surface area contributed by atoms with E-state index in [0.29, 0.717) is 37.5 Å². The zero-order chi connectivity index (χ0) is 25.1. The van der Waals surface area contributed by atoms with Gasteiger partial charge in [-0.2, -0.15) is 0 Å². The molecule has 0 heterocycles. The summed E-state index contributed by atoms with van der Waals surface area (Å²) in [4.78, 5) is 27.9. The minimum atomic E-state index is -3.49. The minimum Gasteiger partial charge on any atom is -0.354 e. The number of carbonyl (C=O) groups excluding carboxylic acids is 2. The maximum Gasteiger partial charge on any atom is 0.242 e. The molecule has 0 aliphatic heterocycles. The molecule has 1 atom stereocenters. The monoisotopic (exact) mass is 487 g/mol. The molecule has 0 aliphatic carbocycles. The molecule has 8 heteroatoms. The van der Waals surface area contributed by atoms with Gasteiger partial charge in [0.15, 0.2) is 0 Å². The summed E-state index contributed by atoms with van der Waals surface area (Å²) in [5.74, 6) is -0.0286. The van der Waals surface area contributed by atoms with Gasteiger partial charge in [0.05, 0.1) is 11.9 Å². The van der Waals surface area contributed by atoms with E-state index in [2.05, 4.69) is 5.32 Å². The van der Waals surface area contributed by atoms with Gasteiger partial charge < -0.3 is 10.2 Å². The van der Waals surface area contributed by atoms with Crippen LogP contribution in [0.2, 0.25) is 0 Å². The van der Waals surface area contributed by atoms with E-state index in [4.69, 9.17) is 0 Å². The van der Waals surface area contributed by atoms with Crippen molar-refractivity contribution in [3.05, 3.63) is 66.2 Å². The number of amides is 2. The number of carbonyl (C=O) groups is 2. The van der Waals surface area contributed by atoms with Gasteiger partial charge in [0.2, 0.25) is 21.8 Å². The third-order valence-electron chi connectivity index (χ3n) is 5.46. The first-order chi connectivity index (χ1) is 16.1. The van der Waals surface area contributed by atoms with Gasteiger partial charge in [-0.05, 0) is 36.5 Å². The fourth-order valence-corrected chi connectivity index (χ4v) is 4.69. The van der Waals surface area contributed by atoms with Crippen LogP contribution in [-0.4, -0.2) is 50.5 Å². The van der Waals surface area contributed by atoms with Gasteiger partial charge >= 0.3 is 0 Å². The molecular formula is C26H37N3O4S.